The van der Waals surface area contributed by atoms with Crippen molar-refractivity contribution >= 4 is 27.2 Å². The van der Waals surface area contributed by atoms with Crippen LogP contribution in [0.4, 0.5) is 0 Å². The summed E-state index contributed by atoms with van der Waals surface area (Å²) in [5, 5.41) is 3.67. The smallest absolute Gasteiger partial charge is 0.160 e. The number of Topliss-reactive ketones (excluding diaryl/α,β-unsaturated/α-hetero) is 1. The predicted molar refractivity (Wildman–Crippen MR) is 73.1 cm³/mol. The van der Waals surface area contributed by atoms with E-state index in [0.29, 0.717) is 29.3 Å². The van der Waals surface area contributed by atoms with Crippen LogP contribution in [-0.4, -0.2) is 35.0 Å². The Bertz CT molecular complexity index is 607. The molecule has 1 atom stereocenters. The van der Waals surface area contributed by atoms with Crippen LogP contribution in [-0.2, 0) is 28.1 Å². The van der Waals surface area contributed by atoms with Crippen LogP contribution in [0.15, 0.2) is 0 Å². The number of carbonyl (C=O) groups excluding carboxylic acids is 1. The van der Waals surface area contributed by atoms with Gasteiger partial charge in [0.25, 0.3) is 0 Å². The van der Waals surface area contributed by atoms with Gasteiger partial charge in [0, 0.05) is 19.0 Å². The van der Waals surface area contributed by atoms with Gasteiger partial charge in [0.15, 0.2) is 15.6 Å². The molecule has 106 valence electrons. The molecule has 19 heavy (non-hydrogen) atoms. The second kappa shape index (κ2) is 5.25. The Balaban J connectivity index is 2.21. The number of halogens is 1. The molecule has 1 aliphatic heterocycles. The minimum absolute atomic E-state index is 0.0441. The molecule has 1 saturated heterocycles. The van der Waals surface area contributed by atoms with Crippen LogP contribution >= 0.6 is 11.6 Å². The molecule has 1 fully saturated rings. The lowest BCUT2D eigenvalue weighted by atomic mass is 10.0. The zero-order valence-corrected chi connectivity index (χ0v) is 12.6. The number of carbonyl (C=O) groups is 1. The van der Waals surface area contributed by atoms with E-state index in [0.717, 1.165) is 6.42 Å². The minimum Gasteiger partial charge on any atom is -0.298 e. The molecular weight excluding hydrogens is 288 g/mol. The van der Waals surface area contributed by atoms with E-state index in [1.807, 2.05) is 0 Å². The molecule has 0 spiro atoms. The normalized spacial score (nSPS) is 22.4. The summed E-state index contributed by atoms with van der Waals surface area (Å²) in [6.45, 7) is 1.77. The largest absolute Gasteiger partial charge is 0.298 e. The average Bonchev–Trinajstić information content (AvgIpc) is 2.55. The zero-order valence-electron chi connectivity index (χ0n) is 11.0. The number of nitrogens with zero attached hydrogens (tertiary/aromatic N) is 2. The summed E-state index contributed by atoms with van der Waals surface area (Å²) in [4.78, 5) is 12.2. The highest BCUT2D eigenvalue weighted by Gasteiger charge is 2.35. The first kappa shape index (κ1) is 14.5. The highest BCUT2D eigenvalue weighted by molar-refractivity contribution is 7.92. The fourth-order valence-corrected chi connectivity index (χ4v) is 4.62. The van der Waals surface area contributed by atoms with E-state index in [-0.39, 0.29) is 18.0 Å². The summed E-state index contributed by atoms with van der Waals surface area (Å²) in [5.41, 5.74) is 1.31. The van der Waals surface area contributed by atoms with Gasteiger partial charge >= 0.3 is 0 Å². The Kier molecular flexibility index (Phi) is 4.01. The molecular formula is C12H17ClN2O3S. The van der Waals surface area contributed by atoms with Gasteiger partial charge in [-0.25, -0.2) is 8.42 Å². The number of aryl methyl sites for hydroxylation is 2. The third-order valence-corrected chi connectivity index (χ3v) is 6.25. The second-order valence-electron chi connectivity index (χ2n) is 4.97. The van der Waals surface area contributed by atoms with Crippen LogP contribution in [0.2, 0.25) is 5.15 Å². The Labute approximate surface area is 117 Å². The Morgan fingerprint density at radius 2 is 2.16 bits per heavy atom. The Morgan fingerprint density at radius 3 is 2.68 bits per heavy atom. The molecule has 7 heteroatoms. The first-order valence-electron chi connectivity index (χ1n) is 6.25. The molecule has 0 saturated carbocycles. The van der Waals surface area contributed by atoms with Crippen molar-refractivity contribution in [3.05, 3.63) is 16.4 Å². The average molecular weight is 305 g/mol. The SMILES string of the molecule is Cc1nn(C)c(Cl)c1CC(=O)C1CCCCS1(=O)=O. The van der Waals surface area contributed by atoms with E-state index in [2.05, 4.69) is 5.10 Å². The lowest BCUT2D eigenvalue weighted by Gasteiger charge is -2.20. The lowest BCUT2D eigenvalue weighted by Crippen LogP contribution is -2.36. The lowest BCUT2D eigenvalue weighted by molar-refractivity contribution is -0.118. The van der Waals surface area contributed by atoms with Crippen molar-refractivity contribution < 1.29 is 13.2 Å². The highest BCUT2D eigenvalue weighted by Crippen LogP contribution is 2.25. The van der Waals surface area contributed by atoms with E-state index in [4.69, 9.17) is 11.6 Å². The Hall–Kier alpha value is -0.880. The minimum atomic E-state index is -3.28. The molecule has 0 N–H and O–H groups in total. The van der Waals surface area contributed by atoms with Gasteiger partial charge in [-0.3, -0.25) is 9.48 Å². The van der Waals surface area contributed by atoms with Gasteiger partial charge in [-0.2, -0.15) is 5.10 Å². The number of aromatic nitrogens is 2. The van der Waals surface area contributed by atoms with Gasteiger partial charge in [0.1, 0.15) is 10.4 Å². The molecule has 5 nitrogen and oxygen atoms in total. The quantitative estimate of drug-likeness (QED) is 0.848. The fourth-order valence-electron chi connectivity index (χ4n) is 2.48. The fraction of sp³-hybridized carbons (Fsp3) is 0.667. The van der Waals surface area contributed by atoms with Crippen molar-refractivity contribution in [2.45, 2.75) is 37.9 Å². The van der Waals surface area contributed by atoms with E-state index < -0.39 is 15.1 Å². The highest BCUT2D eigenvalue weighted by atomic mass is 35.5. The van der Waals surface area contributed by atoms with Crippen molar-refractivity contribution in [3.63, 3.8) is 0 Å². The monoisotopic (exact) mass is 304 g/mol. The molecule has 1 aromatic rings. The number of hydrogen-bond acceptors (Lipinski definition) is 4. The maximum atomic E-state index is 12.2. The second-order valence-corrected chi connectivity index (χ2v) is 7.63. The van der Waals surface area contributed by atoms with E-state index in [1.54, 1.807) is 14.0 Å². The molecule has 1 unspecified atom stereocenters. The summed E-state index contributed by atoms with van der Waals surface area (Å²) >= 11 is 6.07. The first-order valence-corrected chi connectivity index (χ1v) is 8.34. The third kappa shape index (κ3) is 2.84. The zero-order chi connectivity index (χ0) is 14.2. The van der Waals surface area contributed by atoms with Gasteiger partial charge in [0.05, 0.1) is 11.4 Å². The number of ketones is 1. The summed E-state index contributed by atoms with van der Waals surface area (Å²) in [6.07, 6.45) is 1.91. The summed E-state index contributed by atoms with van der Waals surface area (Å²) < 4.78 is 25.3. The molecule has 2 rings (SSSR count). The predicted octanol–water partition coefficient (Wildman–Crippen LogP) is 1.46. The van der Waals surface area contributed by atoms with Gasteiger partial charge in [-0.1, -0.05) is 18.0 Å². The molecule has 2 heterocycles. The van der Waals surface area contributed by atoms with Crippen molar-refractivity contribution in [2.24, 2.45) is 7.05 Å². The van der Waals surface area contributed by atoms with Gasteiger partial charge < -0.3 is 0 Å². The first-order chi connectivity index (χ1) is 8.83. The van der Waals surface area contributed by atoms with E-state index in [9.17, 15) is 13.2 Å². The van der Waals surface area contributed by atoms with Crippen molar-refractivity contribution in [1.82, 2.24) is 9.78 Å². The number of hydrogen-bond donors (Lipinski definition) is 0. The molecule has 0 aromatic carbocycles. The topological polar surface area (TPSA) is 69.0 Å². The van der Waals surface area contributed by atoms with Crippen LogP contribution in [0.1, 0.15) is 30.5 Å². The van der Waals surface area contributed by atoms with Crippen molar-refractivity contribution in [3.8, 4) is 0 Å². The number of sulfone groups is 1. The molecule has 0 radical (unpaired) electrons. The van der Waals surface area contributed by atoms with Crippen LogP contribution in [0, 0.1) is 6.92 Å². The van der Waals surface area contributed by atoms with Gasteiger partial charge in [-0.15, -0.1) is 0 Å². The maximum Gasteiger partial charge on any atom is 0.160 e. The summed E-state index contributed by atoms with van der Waals surface area (Å²) in [7, 11) is -1.59. The standard InChI is InChI=1S/C12H17ClN2O3S/c1-8-9(12(13)15(2)14-8)7-10(16)11-5-3-4-6-19(11,17)18/h11H,3-7H2,1-2H3. The van der Waals surface area contributed by atoms with E-state index >= 15 is 0 Å². The van der Waals surface area contributed by atoms with Gasteiger partial charge in [0.2, 0.25) is 0 Å². The third-order valence-electron chi connectivity index (χ3n) is 3.56. The molecule has 1 aromatic heterocycles. The van der Waals surface area contributed by atoms with Crippen LogP contribution < -0.4 is 0 Å². The maximum absolute atomic E-state index is 12.2. The van der Waals surface area contributed by atoms with E-state index in [1.165, 1.54) is 4.68 Å². The van der Waals surface area contributed by atoms with Crippen molar-refractivity contribution in [1.29, 1.82) is 0 Å². The molecule has 1 aliphatic rings. The summed E-state index contributed by atoms with van der Waals surface area (Å²) in [6, 6.07) is 0. The van der Waals surface area contributed by atoms with Crippen LogP contribution in [0.3, 0.4) is 0 Å². The number of rotatable bonds is 3. The molecule has 0 amide bonds. The van der Waals surface area contributed by atoms with Gasteiger partial charge in [-0.05, 0) is 19.8 Å². The van der Waals surface area contributed by atoms with Crippen LogP contribution in [0.25, 0.3) is 0 Å². The summed E-state index contributed by atoms with van der Waals surface area (Å²) in [5.74, 6) is -0.152. The van der Waals surface area contributed by atoms with Crippen LogP contribution in [0.5, 0.6) is 0 Å². The Morgan fingerprint density at radius 1 is 1.47 bits per heavy atom. The molecule has 0 bridgehead atoms. The molecule has 0 aliphatic carbocycles. The van der Waals surface area contributed by atoms with Crippen molar-refractivity contribution in [2.75, 3.05) is 5.75 Å².